The smallest absolute Gasteiger partial charge is 0.00896 e. The van der Waals surface area contributed by atoms with Gasteiger partial charge >= 0.3 is 0 Å². The molecule has 0 bridgehead atoms. The fraction of sp³-hybridized carbons (Fsp3) is 1.00. The Morgan fingerprint density at radius 3 is 2.07 bits per heavy atom. The summed E-state index contributed by atoms with van der Waals surface area (Å²) in [5.74, 6) is 0.839. The molecule has 1 nitrogen and oxygen atoms in total. The first-order valence-corrected chi connectivity index (χ1v) is 6.93. The molecular weight excluding hydrogens is 182 g/mol. The molecule has 0 saturated heterocycles. The molecule has 0 spiro atoms. The highest BCUT2D eigenvalue weighted by Gasteiger charge is 2.13. The summed E-state index contributed by atoms with van der Waals surface area (Å²) in [7, 11) is 2.11. The molecule has 0 fully saturated rings. The molecule has 0 aliphatic heterocycles. The van der Waals surface area contributed by atoms with Crippen LogP contribution in [0, 0.1) is 5.92 Å². The molecule has 0 heterocycles. The van der Waals surface area contributed by atoms with Crippen LogP contribution in [0.2, 0.25) is 0 Å². The van der Waals surface area contributed by atoms with E-state index in [4.69, 9.17) is 0 Å². The highest BCUT2D eigenvalue weighted by Crippen LogP contribution is 2.16. The Balaban J connectivity index is 3.51. The second-order valence-electron chi connectivity index (χ2n) is 4.86. The van der Waals surface area contributed by atoms with Gasteiger partial charge in [0.25, 0.3) is 0 Å². The second kappa shape index (κ2) is 10.5. The van der Waals surface area contributed by atoms with E-state index >= 15 is 0 Å². The summed E-state index contributed by atoms with van der Waals surface area (Å²) < 4.78 is 0. The van der Waals surface area contributed by atoms with Crippen molar-refractivity contribution in [1.82, 2.24) is 5.32 Å². The van der Waals surface area contributed by atoms with E-state index in [1.807, 2.05) is 0 Å². The van der Waals surface area contributed by atoms with Crippen LogP contribution in [0.1, 0.15) is 72.1 Å². The predicted octanol–water partition coefficient (Wildman–Crippen LogP) is 4.37. The highest BCUT2D eigenvalue weighted by atomic mass is 14.9. The molecule has 0 aliphatic rings. The second-order valence-corrected chi connectivity index (χ2v) is 4.86. The summed E-state index contributed by atoms with van der Waals surface area (Å²) in [5.41, 5.74) is 0. The fourth-order valence-corrected chi connectivity index (χ4v) is 2.34. The molecule has 0 aliphatic carbocycles. The highest BCUT2D eigenvalue weighted by molar-refractivity contribution is 4.71. The Hall–Kier alpha value is -0.0400. The van der Waals surface area contributed by atoms with Crippen LogP contribution in [0.5, 0.6) is 0 Å². The molecule has 0 aromatic rings. The fourth-order valence-electron chi connectivity index (χ4n) is 2.34. The van der Waals surface area contributed by atoms with Gasteiger partial charge in [0.15, 0.2) is 0 Å². The van der Waals surface area contributed by atoms with Crippen molar-refractivity contribution < 1.29 is 0 Å². The van der Waals surface area contributed by atoms with E-state index in [0.29, 0.717) is 0 Å². The lowest BCUT2D eigenvalue weighted by molar-refractivity contribution is 0.344. The van der Waals surface area contributed by atoms with Crippen LogP contribution in [-0.4, -0.2) is 13.1 Å². The van der Waals surface area contributed by atoms with E-state index in [0.717, 1.165) is 12.0 Å². The average molecular weight is 213 g/mol. The topological polar surface area (TPSA) is 12.0 Å². The van der Waals surface area contributed by atoms with E-state index in [1.165, 1.54) is 51.4 Å². The van der Waals surface area contributed by atoms with Crippen molar-refractivity contribution in [3.8, 4) is 0 Å². The minimum atomic E-state index is 0.742. The molecule has 0 aromatic carbocycles. The van der Waals surface area contributed by atoms with Gasteiger partial charge in [0.2, 0.25) is 0 Å². The van der Waals surface area contributed by atoms with Gasteiger partial charge in [-0.15, -0.1) is 0 Å². The molecule has 2 unspecified atom stereocenters. The minimum Gasteiger partial charge on any atom is -0.317 e. The van der Waals surface area contributed by atoms with Gasteiger partial charge in [0.1, 0.15) is 0 Å². The van der Waals surface area contributed by atoms with Crippen LogP contribution < -0.4 is 5.32 Å². The zero-order chi connectivity index (χ0) is 11.5. The monoisotopic (exact) mass is 213 g/mol. The molecule has 15 heavy (non-hydrogen) atoms. The Bertz CT molecular complexity index is 123. The van der Waals surface area contributed by atoms with Crippen LogP contribution in [-0.2, 0) is 0 Å². The lowest BCUT2D eigenvalue weighted by Gasteiger charge is -2.23. The summed E-state index contributed by atoms with van der Waals surface area (Å²) in [6, 6.07) is 0.742. The SMILES string of the molecule is CCCCCCCC(NC)C(C)CCC. The van der Waals surface area contributed by atoms with Gasteiger partial charge in [-0.1, -0.05) is 59.3 Å². The first-order valence-electron chi connectivity index (χ1n) is 6.93. The average Bonchev–Trinajstić information content (AvgIpc) is 2.23. The maximum Gasteiger partial charge on any atom is 0.00896 e. The van der Waals surface area contributed by atoms with E-state index in [2.05, 4.69) is 33.1 Å². The quantitative estimate of drug-likeness (QED) is 0.531. The van der Waals surface area contributed by atoms with Crippen molar-refractivity contribution >= 4 is 0 Å². The van der Waals surface area contributed by atoms with Gasteiger partial charge in [-0.2, -0.15) is 0 Å². The zero-order valence-electron chi connectivity index (χ0n) is 11.3. The number of rotatable bonds is 10. The summed E-state index contributed by atoms with van der Waals surface area (Å²) in [4.78, 5) is 0. The first-order chi connectivity index (χ1) is 7.26. The maximum atomic E-state index is 3.48. The predicted molar refractivity (Wildman–Crippen MR) is 70.3 cm³/mol. The Kier molecular flexibility index (Phi) is 10.4. The molecule has 0 rings (SSSR count). The van der Waals surface area contributed by atoms with Crippen LogP contribution in [0.4, 0.5) is 0 Å². The number of unbranched alkanes of at least 4 members (excludes halogenated alkanes) is 4. The summed E-state index contributed by atoms with van der Waals surface area (Å²) in [6.07, 6.45) is 11.0. The van der Waals surface area contributed by atoms with Gasteiger partial charge in [-0.05, 0) is 25.8 Å². The van der Waals surface area contributed by atoms with E-state index in [1.54, 1.807) is 0 Å². The van der Waals surface area contributed by atoms with Crippen molar-refractivity contribution in [1.29, 1.82) is 0 Å². The summed E-state index contributed by atoms with van der Waals surface area (Å²) in [6.45, 7) is 6.95. The maximum absolute atomic E-state index is 3.48. The van der Waals surface area contributed by atoms with Crippen LogP contribution in [0.15, 0.2) is 0 Å². The number of hydrogen-bond donors (Lipinski definition) is 1. The summed E-state index contributed by atoms with van der Waals surface area (Å²) >= 11 is 0. The van der Waals surface area contributed by atoms with Gasteiger partial charge in [0.05, 0.1) is 0 Å². The molecular formula is C14H31N. The van der Waals surface area contributed by atoms with E-state index in [9.17, 15) is 0 Å². The van der Waals surface area contributed by atoms with Gasteiger partial charge < -0.3 is 5.32 Å². The molecule has 0 radical (unpaired) electrons. The minimum absolute atomic E-state index is 0.742. The Morgan fingerprint density at radius 2 is 1.53 bits per heavy atom. The van der Waals surface area contributed by atoms with E-state index < -0.39 is 0 Å². The number of nitrogens with one attached hydrogen (secondary N) is 1. The van der Waals surface area contributed by atoms with Gasteiger partial charge in [-0.25, -0.2) is 0 Å². The lowest BCUT2D eigenvalue weighted by Crippen LogP contribution is -2.31. The molecule has 1 heteroatoms. The molecule has 0 aromatic heterocycles. The molecule has 92 valence electrons. The zero-order valence-corrected chi connectivity index (χ0v) is 11.3. The standard InChI is InChI=1S/C14H31N/c1-5-7-8-9-10-12-14(15-4)13(3)11-6-2/h13-15H,5-12H2,1-4H3. The van der Waals surface area contributed by atoms with Gasteiger partial charge in [0, 0.05) is 6.04 Å². The van der Waals surface area contributed by atoms with Crippen molar-refractivity contribution in [3.63, 3.8) is 0 Å². The third-order valence-corrected chi connectivity index (χ3v) is 3.42. The Labute approximate surface area is 97.0 Å². The third-order valence-electron chi connectivity index (χ3n) is 3.42. The van der Waals surface area contributed by atoms with Crippen molar-refractivity contribution in [2.75, 3.05) is 7.05 Å². The molecule has 0 amide bonds. The first kappa shape index (κ1) is 15.0. The van der Waals surface area contributed by atoms with Gasteiger partial charge in [-0.3, -0.25) is 0 Å². The Morgan fingerprint density at radius 1 is 0.867 bits per heavy atom. The van der Waals surface area contributed by atoms with Crippen LogP contribution in [0.3, 0.4) is 0 Å². The third kappa shape index (κ3) is 7.84. The molecule has 2 atom stereocenters. The van der Waals surface area contributed by atoms with Crippen LogP contribution in [0.25, 0.3) is 0 Å². The van der Waals surface area contributed by atoms with Crippen molar-refractivity contribution in [3.05, 3.63) is 0 Å². The lowest BCUT2D eigenvalue weighted by atomic mass is 9.92. The van der Waals surface area contributed by atoms with E-state index in [-0.39, 0.29) is 0 Å². The molecule has 1 N–H and O–H groups in total. The number of hydrogen-bond acceptors (Lipinski definition) is 1. The largest absolute Gasteiger partial charge is 0.317 e. The van der Waals surface area contributed by atoms with Crippen molar-refractivity contribution in [2.24, 2.45) is 5.92 Å². The van der Waals surface area contributed by atoms with Crippen molar-refractivity contribution in [2.45, 2.75) is 78.2 Å². The molecule has 0 saturated carbocycles. The normalized spacial score (nSPS) is 15.2. The summed E-state index contributed by atoms with van der Waals surface area (Å²) in [5, 5.41) is 3.48. The van der Waals surface area contributed by atoms with Crippen LogP contribution >= 0.6 is 0 Å².